The lowest BCUT2D eigenvalue weighted by Crippen LogP contribution is -2.38. The zero-order valence-electron chi connectivity index (χ0n) is 13.5. The molecular formula is C19H17ClO5. The molecule has 6 heteroatoms. The van der Waals surface area contributed by atoms with Crippen molar-refractivity contribution < 1.29 is 23.8 Å². The highest BCUT2D eigenvalue weighted by atomic mass is 35.5. The van der Waals surface area contributed by atoms with E-state index in [-0.39, 0.29) is 0 Å². The quantitative estimate of drug-likeness (QED) is 0.617. The SMILES string of the molecule is C[C@H]1O[C@H](Cl)[C@H](OC(=O)c2ccccc2)[C@@H]1OC(=O)c1ccccc1. The Hall–Kier alpha value is -2.37. The van der Waals surface area contributed by atoms with E-state index in [1.54, 1.807) is 67.6 Å². The summed E-state index contributed by atoms with van der Waals surface area (Å²) in [6, 6.07) is 17.1. The van der Waals surface area contributed by atoms with E-state index < -0.39 is 35.8 Å². The molecule has 0 radical (unpaired) electrons. The second kappa shape index (κ2) is 7.68. The Kier molecular flexibility index (Phi) is 5.36. The second-order valence-electron chi connectivity index (χ2n) is 5.66. The van der Waals surface area contributed by atoms with Gasteiger partial charge in [0.1, 0.15) is 0 Å². The first-order valence-corrected chi connectivity index (χ1v) is 8.31. The standard InChI is InChI=1S/C19H17ClO5/c1-12-15(24-18(21)13-8-4-2-5-9-13)16(17(20)23-12)25-19(22)14-10-6-3-7-11-14/h2-12,15-17H,1H3/t12-,15-,16-,17+/m1/s1. The lowest BCUT2D eigenvalue weighted by Gasteiger charge is -2.22. The van der Waals surface area contributed by atoms with Crippen LogP contribution in [-0.4, -0.2) is 35.8 Å². The molecule has 2 aromatic carbocycles. The molecule has 4 atom stereocenters. The minimum atomic E-state index is -0.892. The Bertz CT molecular complexity index is 670. The fourth-order valence-electron chi connectivity index (χ4n) is 2.59. The van der Waals surface area contributed by atoms with Crippen LogP contribution in [0.25, 0.3) is 0 Å². The summed E-state index contributed by atoms with van der Waals surface area (Å²) in [5.74, 6) is -1.07. The maximum Gasteiger partial charge on any atom is 0.338 e. The summed E-state index contributed by atoms with van der Waals surface area (Å²) in [5, 5.41) is 0. The molecule has 0 N–H and O–H groups in total. The number of esters is 2. The molecule has 1 fully saturated rings. The average Bonchev–Trinajstić information content (AvgIpc) is 2.90. The molecule has 0 saturated carbocycles. The van der Waals surface area contributed by atoms with Crippen molar-refractivity contribution in [1.29, 1.82) is 0 Å². The highest BCUT2D eigenvalue weighted by Gasteiger charge is 2.47. The van der Waals surface area contributed by atoms with Crippen LogP contribution in [0.15, 0.2) is 60.7 Å². The van der Waals surface area contributed by atoms with E-state index in [1.165, 1.54) is 0 Å². The van der Waals surface area contributed by atoms with Gasteiger partial charge in [-0.1, -0.05) is 48.0 Å². The van der Waals surface area contributed by atoms with Crippen LogP contribution in [0.2, 0.25) is 0 Å². The molecule has 130 valence electrons. The number of benzene rings is 2. The van der Waals surface area contributed by atoms with Crippen molar-refractivity contribution >= 4 is 23.5 Å². The van der Waals surface area contributed by atoms with Crippen molar-refractivity contribution in [1.82, 2.24) is 0 Å². The first-order valence-electron chi connectivity index (χ1n) is 7.88. The molecule has 3 rings (SSSR count). The van der Waals surface area contributed by atoms with Gasteiger partial charge in [-0.25, -0.2) is 9.59 Å². The van der Waals surface area contributed by atoms with Gasteiger partial charge in [-0.05, 0) is 31.2 Å². The lowest BCUT2D eigenvalue weighted by molar-refractivity contribution is -0.0270. The Morgan fingerprint density at radius 2 is 1.28 bits per heavy atom. The fraction of sp³-hybridized carbons (Fsp3) is 0.263. The molecule has 1 aliphatic rings. The van der Waals surface area contributed by atoms with Gasteiger partial charge in [-0.15, -0.1) is 0 Å². The van der Waals surface area contributed by atoms with E-state index in [0.29, 0.717) is 11.1 Å². The average molecular weight is 361 g/mol. The molecular weight excluding hydrogens is 344 g/mol. The lowest BCUT2D eigenvalue weighted by atomic mass is 10.1. The predicted molar refractivity (Wildman–Crippen MR) is 91.5 cm³/mol. The summed E-state index contributed by atoms with van der Waals surface area (Å²) in [5.41, 5.74) is -0.101. The van der Waals surface area contributed by atoms with Crippen LogP contribution in [0.4, 0.5) is 0 Å². The third-order valence-corrected chi connectivity index (χ3v) is 4.25. The van der Waals surface area contributed by atoms with Crippen LogP contribution >= 0.6 is 11.6 Å². The summed E-state index contributed by atoms with van der Waals surface area (Å²) < 4.78 is 16.4. The monoisotopic (exact) mass is 360 g/mol. The summed E-state index contributed by atoms with van der Waals surface area (Å²) in [7, 11) is 0. The maximum absolute atomic E-state index is 12.3. The van der Waals surface area contributed by atoms with Crippen molar-refractivity contribution in [3.63, 3.8) is 0 Å². The second-order valence-corrected chi connectivity index (χ2v) is 6.09. The van der Waals surface area contributed by atoms with E-state index in [2.05, 4.69) is 0 Å². The predicted octanol–water partition coefficient (Wildman–Crippen LogP) is 3.42. The first kappa shape index (κ1) is 17.5. The van der Waals surface area contributed by atoms with Crippen LogP contribution in [0.1, 0.15) is 27.6 Å². The third-order valence-electron chi connectivity index (χ3n) is 3.89. The summed E-state index contributed by atoms with van der Waals surface area (Å²) in [6.45, 7) is 1.72. The summed E-state index contributed by atoms with van der Waals surface area (Å²) >= 11 is 6.14. The Balaban J connectivity index is 1.72. The largest absolute Gasteiger partial charge is 0.452 e. The highest BCUT2D eigenvalue weighted by Crippen LogP contribution is 2.30. The molecule has 5 nitrogen and oxygen atoms in total. The van der Waals surface area contributed by atoms with Crippen LogP contribution < -0.4 is 0 Å². The minimum Gasteiger partial charge on any atom is -0.452 e. The van der Waals surface area contributed by atoms with E-state index in [9.17, 15) is 9.59 Å². The van der Waals surface area contributed by atoms with Gasteiger partial charge >= 0.3 is 11.9 Å². The molecule has 25 heavy (non-hydrogen) atoms. The highest BCUT2D eigenvalue weighted by molar-refractivity contribution is 6.20. The summed E-state index contributed by atoms with van der Waals surface area (Å²) in [6.07, 6.45) is -2.18. The maximum atomic E-state index is 12.3. The van der Waals surface area contributed by atoms with Crippen molar-refractivity contribution in [2.75, 3.05) is 0 Å². The van der Waals surface area contributed by atoms with Gasteiger partial charge in [0.2, 0.25) is 0 Å². The van der Waals surface area contributed by atoms with Gasteiger partial charge in [0.25, 0.3) is 0 Å². The molecule has 2 aromatic rings. The summed E-state index contributed by atoms with van der Waals surface area (Å²) in [4.78, 5) is 24.6. The van der Waals surface area contributed by atoms with Gasteiger partial charge in [0.15, 0.2) is 17.8 Å². The fourth-order valence-corrected chi connectivity index (χ4v) is 2.95. The van der Waals surface area contributed by atoms with Crippen molar-refractivity contribution in [3.05, 3.63) is 71.8 Å². The molecule has 0 bridgehead atoms. The van der Waals surface area contributed by atoms with Crippen molar-refractivity contribution in [3.8, 4) is 0 Å². The molecule has 0 spiro atoms. The number of rotatable bonds is 4. The molecule has 0 unspecified atom stereocenters. The van der Waals surface area contributed by atoms with Crippen LogP contribution in [0.5, 0.6) is 0 Å². The topological polar surface area (TPSA) is 61.8 Å². The molecule has 0 aromatic heterocycles. The molecule has 0 aliphatic carbocycles. The number of hydrogen-bond donors (Lipinski definition) is 0. The number of carbonyl (C=O) groups excluding carboxylic acids is 2. The van der Waals surface area contributed by atoms with Crippen molar-refractivity contribution in [2.24, 2.45) is 0 Å². The molecule has 1 heterocycles. The molecule has 1 saturated heterocycles. The van der Waals surface area contributed by atoms with Crippen molar-refractivity contribution in [2.45, 2.75) is 30.8 Å². The van der Waals surface area contributed by atoms with Crippen LogP contribution in [0, 0.1) is 0 Å². The van der Waals surface area contributed by atoms with Gasteiger partial charge in [-0.2, -0.15) is 0 Å². The van der Waals surface area contributed by atoms with Crippen LogP contribution in [0.3, 0.4) is 0 Å². The minimum absolute atomic E-state index is 0.388. The normalized spacial score (nSPS) is 25.4. The zero-order chi connectivity index (χ0) is 17.8. The number of alkyl halides is 1. The number of carbonyl (C=O) groups is 2. The Labute approximate surface area is 150 Å². The van der Waals surface area contributed by atoms with Gasteiger partial charge in [-0.3, -0.25) is 0 Å². The Morgan fingerprint density at radius 1 is 0.840 bits per heavy atom. The van der Waals surface area contributed by atoms with E-state index >= 15 is 0 Å². The van der Waals surface area contributed by atoms with Crippen LogP contribution in [-0.2, 0) is 14.2 Å². The van der Waals surface area contributed by atoms with E-state index in [1.807, 2.05) is 0 Å². The number of halogens is 1. The zero-order valence-corrected chi connectivity index (χ0v) is 14.3. The first-order chi connectivity index (χ1) is 12.1. The molecule has 0 amide bonds. The number of ether oxygens (including phenoxy) is 3. The van der Waals surface area contributed by atoms with E-state index in [0.717, 1.165) is 0 Å². The third kappa shape index (κ3) is 4.00. The molecule has 1 aliphatic heterocycles. The van der Waals surface area contributed by atoms with Gasteiger partial charge in [0.05, 0.1) is 17.2 Å². The Morgan fingerprint density at radius 3 is 1.76 bits per heavy atom. The van der Waals surface area contributed by atoms with Gasteiger partial charge in [0, 0.05) is 0 Å². The smallest absolute Gasteiger partial charge is 0.338 e. The van der Waals surface area contributed by atoms with Gasteiger partial charge < -0.3 is 14.2 Å². The van der Waals surface area contributed by atoms with E-state index in [4.69, 9.17) is 25.8 Å². The number of hydrogen-bond acceptors (Lipinski definition) is 5.